The lowest BCUT2D eigenvalue weighted by Gasteiger charge is -2.31. The monoisotopic (exact) mass is 240 g/mol. The highest BCUT2D eigenvalue weighted by Gasteiger charge is 2.16. The van der Waals surface area contributed by atoms with Gasteiger partial charge in [-0.1, -0.05) is 38.1 Å². The van der Waals surface area contributed by atoms with Crippen LogP contribution in [-0.2, 0) is 6.54 Å². The standard InChI is InChI=1S/C16H20N2/c1-12(2)16-15-7-4-3-6-14(15)13(10-17-16)11-18-8-5-9-18/h3-4,6-7,10,12H,5,8-9,11H2,1-2H3. The van der Waals surface area contributed by atoms with Gasteiger partial charge >= 0.3 is 0 Å². The summed E-state index contributed by atoms with van der Waals surface area (Å²) in [4.78, 5) is 7.18. The molecule has 1 aromatic carbocycles. The summed E-state index contributed by atoms with van der Waals surface area (Å²) in [5.74, 6) is 0.480. The van der Waals surface area contributed by atoms with Crippen LogP contribution in [0.15, 0.2) is 30.5 Å². The molecule has 1 saturated heterocycles. The number of rotatable bonds is 3. The number of hydrogen-bond donors (Lipinski definition) is 0. The summed E-state index contributed by atoms with van der Waals surface area (Å²) in [5.41, 5.74) is 2.59. The molecule has 0 spiro atoms. The van der Waals surface area contributed by atoms with Crippen LogP contribution in [0, 0.1) is 0 Å². The van der Waals surface area contributed by atoms with E-state index in [1.807, 2.05) is 0 Å². The molecule has 0 atom stereocenters. The molecule has 1 aromatic heterocycles. The minimum Gasteiger partial charge on any atom is -0.299 e. The van der Waals surface area contributed by atoms with E-state index < -0.39 is 0 Å². The van der Waals surface area contributed by atoms with Gasteiger partial charge in [0.15, 0.2) is 0 Å². The van der Waals surface area contributed by atoms with Crippen molar-refractivity contribution >= 4 is 10.8 Å². The van der Waals surface area contributed by atoms with Crippen molar-refractivity contribution in [3.8, 4) is 0 Å². The highest BCUT2D eigenvalue weighted by molar-refractivity contribution is 5.87. The predicted molar refractivity (Wildman–Crippen MR) is 75.7 cm³/mol. The Labute approximate surface area is 109 Å². The van der Waals surface area contributed by atoms with Gasteiger partial charge in [0.05, 0.1) is 5.69 Å². The largest absolute Gasteiger partial charge is 0.299 e. The van der Waals surface area contributed by atoms with Crippen molar-refractivity contribution < 1.29 is 0 Å². The van der Waals surface area contributed by atoms with Crippen molar-refractivity contribution in [1.82, 2.24) is 9.88 Å². The summed E-state index contributed by atoms with van der Waals surface area (Å²) < 4.78 is 0. The molecule has 1 fully saturated rings. The Bertz CT molecular complexity index is 556. The lowest BCUT2D eigenvalue weighted by Crippen LogP contribution is -2.36. The highest BCUT2D eigenvalue weighted by atomic mass is 15.2. The molecule has 0 bridgehead atoms. The summed E-state index contributed by atoms with van der Waals surface area (Å²) in [6, 6.07) is 8.69. The van der Waals surface area contributed by atoms with E-state index in [9.17, 15) is 0 Å². The van der Waals surface area contributed by atoms with E-state index in [1.165, 1.54) is 41.5 Å². The van der Waals surface area contributed by atoms with Gasteiger partial charge < -0.3 is 0 Å². The molecule has 3 rings (SSSR count). The first kappa shape index (κ1) is 11.7. The van der Waals surface area contributed by atoms with Crippen LogP contribution >= 0.6 is 0 Å². The van der Waals surface area contributed by atoms with Gasteiger partial charge in [0.1, 0.15) is 0 Å². The predicted octanol–water partition coefficient (Wildman–Crippen LogP) is 3.56. The van der Waals surface area contributed by atoms with Gasteiger partial charge in [-0.25, -0.2) is 0 Å². The summed E-state index contributed by atoms with van der Waals surface area (Å²) in [6.07, 6.45) is 3.42. The summed E-state index contributed by atoms with van der Waals surface area (Å²) >= 11 is 0. The van der Waals surface area contributed by atoms with Crippen LogP contribution in [0.2, 0.25) is 0 Å². The minimum absolute atomic E-state index is 0.480. The first-order valence-corrected chi connectivity index (χ1v) is 6.84. The number of pyridine rings is 1. The summed E-state index contributed by atoms with van der Waals surface area (Å²) in [5, 5.41) is 2.70. The molecule has 0 N–H and O–H groups in total. The van der Waals surface area contributed by atoms with Gasteiger partial charge in [-0.3, -0.25) is 9.88 Å². The average Bonchev–Trinajstić information content (AvgIpc) is 2.33. The first-order valence-electron chi connectivity index (χ1n) is 6.84. The number of likely N-dealkylation sites (tertiary alicyclic amines) is 1. The highest BCUT2D eigenvalue weighted by Crippen LogP contribution is 2.27. The third-order valence-electron chi connectivity index (χ3n) is 3.80. The number of aromatic nitrogens is 1. The van der Waals surface area contributed by atoms with Crippen LogP contribution in [0.4, 0.5) is 0 Å². The zero-order valence-electron chi connectivity index (χ0n) is 11.2. The Morgan fingerprint density at radius 1 is 1.17 bits per heavy atom. The summed E-state index contributed by atoms with van der Waals surface area (Å²) in [6.45, 7) is 7.94. The van der Waals surface area contributed by atoms with Crippen LogP contribution < -0.4 is 0 Å². The molecule has 18 heavy (non-hydrogen) atoms. The van der Waals surface area contributed by atoms with E-state index in [4.69, 9.17) is 4.98 Å². The normalized spacial score (nSPS) is 16.2. The fraction of sp³-hybridized carbons (Fsp3) is 0.438. The quantitative estimate of drug-likeness (QED) is 0.815. The molecule has 0 amide bonds. The van der Waals surface area contributed by atoms with E-state index in [1.54, 1.807) is 0 Å². The molecule has 1 aliphatic heterocycles. The van der Waals surface area contributed by atoms with Crippen molar-refractivity contribution in [3.63, 3.8) is 0 Å². The molecule has 0 saturated carbocycles. The molecule has 94 valence electrons. The Kier molecular flexibility index (Phi) is 3.04. The van der Waals surface area contributed by atoms with Crippen molar-refractivity contribution in [3.05, 3.63) is 41.7 Å². The van der Waals surface area contributed by atoms with E-state index >= 15 is 0 Å². The Morgan fingerprint density at radius 3 is 2.50 bits per heavy atom. The maximum Gasteiger partial charge on any atom is 0.0507 e. The van der Waals surface area contributed by atoms with E-state index in [0.29, 0.717) is 5.92 Å². The number of fused-ring (bicyclic) bond motifs is 1. The third kappa shape index (κ3) is 2.01. The molecule has 2 heterocycles. The van der Waals surface area contributed by atoms with Crippen LogP contribution in [0.5, 0.6) is 0 Å². The van der Waals surface area contributed by atoms with Crippen molar-refractivity contribution in [2.24, 2.45) is 0 Å². The van der Waals surface area contributed by atoms with E-state index in [2.05, 4.69) is 49.2 Å². The third-order valence-corrected chi connectivity index (χ3v) is 3.80. The Hall–Kier alpha value is -1.41. The van der Waals surface area contributed by atoms with Crippen molar-refractivity contribution in [2.45, 2.75) is 32.7 Å². The molecule has 0 aliphatic carbocycles. The molecule has 0 radical (unpaired) electrons. The van der Waals surface area contributed by atoms with Crippen LogP contribution in [0.25, 0.3) is 10.8 Å². The van der Waals surface area contributed by atoms with Crippen molar-refractivity contribution in [2.75, 3.05) is 13.1 Å². The van der Waals surface area contributed by atoms with Gasteiger partial charge in [0.25, 0.3) is 0 Å². The molecule has 2 heteroatoms. The second-order valence-electron chi connectivity index (χ2n) is 5.50. The molecule has 2 aromatic rings. The summed E-state index contributed by atoms with van der Waals surface area (Å²) in [7, 11) is 0. The topological polar surface area (TPSA) is 16.1 Å². The van der Waals surface area contributed by atoms with Crippen LogP contribution in [0.1, 0.15) is 37.4 Å². The second kappa shape index (κ2) is 4.69. The molecular weight excluding hydrogens is 220 g/mol. The lowest BCUT2D eigenvalue weighted by molar-refractivity contribution is 0.173. The van der Waals surface area contributed by atoms with Gasteiger partial charge in [-0.15, -0.1) is 0 Å². The number of nitrogens with zero attached hydrogens (tertiary/aromatic N) is 2. The maximum absolute atomic E-state index is 4.69. The van der Waals surface area contributed by atoms with Gasteiger partial charge in [0.2, 0.25) is 0 Å². The molecule has 2 nitrogen and oxygen atoms in total. The fourth-order valence-electron chi connectivity index (χ4n) is 2.64. The lowest BCUT2D eigenvalue weighted by atomic mass is 9.98. The molecule has 1 aliphatic rings. The maximum atomic E-state index is 4.69. The molecule has 0 unspecified atom stereocenters. The van der Waals surface area contributed by atoms with Crippen LogP contribution in [0.3, 0.4) is 0 Å². The Balaban J connectivity index is 2.07. The van der Waals surface area contributed by atoms with Gasteiger partial charge in [-0.05, 0) is 36.4 Å². The SMILES string of the molecule is CC(C)c1ncc(CN2CCC2)c2ccccc12. The zero-order chi connectivity index (χ0) is 12.5. The zero-order valence-corrected chi connectivity index (χ0v) is 11.2. The van der Waals surface area contributed by atoms with E-state index in [0.717, 1.165) is 6.54 Å². The smallest absolute Gasteiger partial charge is 0.0507 e. The van der Waals surface area contributed by atoms with Gasteiger partial charge in [-0.2, -0.15) is 0 Å². The number of benzene rings is 1. The fourth-order valence-corrected chi connectivity index (χ4v) is 2.64. The van der Waals surface area contributed by atoms with Crippen molar-refractivity contribution in [1.29, 1.82) is 0 Å². The van der Waals surface area contributed by atoms with Crippen LogP contribution in [-0.4, -0.2) is 23.0 Å². The Morgan fingerprint density at radius 2 is 1.89 bits per heavy atom. The second-order valence-corrected chi connectivity index (χ2v) is 5.50. The average molecular weight is 240 g/mol. The molecular formula is C16H20N2. The van der Waals surface area contributed by atoms with Gasteiger partial charge in [0, 0.05) is 18.1 Å². The minimum atomic E-state index is 0.480. The number of hydrogen-bond acceptors (Lipinski definition) is 2. The van der Waals surface area contributed by atoms with E-state index in [-0.39, 0.29) is 0 Å². The first-order chi connectivity index (χ1) is 8.75.